The van der Waals surface area contributed by atoms with Gasteiger partial charge in [-0.25, -0.2) is 4.79 Å². The van der Waals surface area contributed by atoms with Gasteiger partial charge in [-0.15, -0.1) is 4.91 Å². The number of hydrogen-bond acceptors (Lipinski definition) is 3. The standard InChI is InChI=1S/C2H4N2O3/c1-4(3-7)2(5)6/h1H3,(H,5,6). The Kier molecular flexibility index (Phi) is 1.78. The highest BCUT2D eigenvalue weighted by Gasteiger charge is 2.00. The maximum absolute atomic E-state index is 9.56. The van der Waals surface area contributed by atoms with Gasteiger partial charge in [0.1, 0.15) is 0 Å². The Bertz CT molecular complexity index is 90.9. The largest absolute Gasteiger partial charge is 0.464 e. The molecule has 0 radical (unpaired) electrons. The summed E-state index contributed by atoms with van der Waals surface area (Å²) >= 11 is 0. The summed E-state index contributed by atoms with van der Waals surface area (Å²) < 4.78 is 0. The molecule has 0 aliphatic heterocycles. The van der Waals surface area contributed by atoms with Gasteiger partial charge in [0.05, 0.1) is 5.29 Å². The summed E-state index contributed by atoms with van der Waals surface area (Å²) in [5.41, 5.74) is 0. The lowest BCUT2D eigenvalue weighted by Gasteiger charge is -1.95. The van der Waals surface area contributed by atoms with Gasteiger partial charge in [0.25, 0.3) is 0 Å². The lowest BCUT2D eigenvalue weighted by Crippen LogP contribution is -2.16. The van der Waals surface area contributed by atoms with Crippen molar-refractivity contribution in [3.8, 4) is 0 Å². The Morgan fingerprint density at radius 3 is 2.29 bits per heavy atom. The number of rotatable bonds is 1. The molecule has 0 aromatic carbocycles. The second-order valence-corrected chi connectivity index (χ2v) is 0.888. The molecule has 0 fully saturated rings. The molecule has 0 aliphatic carbocycles. The van der Waals surface area contributed by atoms with Crippen LogP contribution >= 0.6 is 0 Å². The number of nitroso groups, excluding NO2 is 1. The average molecular weight is 104 g/mol. The normalized spacial score (nSPS) is 7.57. The topological polar surface area (TPSA) is 70.0 Å². The van der Waals surface area contributed by atoms with E-state index in [-0.39, 0.29) is 5.01 Å². The fourth-order valence-corrected chi connectivity index (χ4v) is 0.0349. The zero-order chi connectivity index (χ0) is 5.86. The molecule has 5 nitrogen and oxygen atoms in total. The first kappa shape index (κ1) is 5.87. The quantitative estimate of drug-likeness (QED) is 0.383. The van der Waals surface area contributed by atoms with Crippen LogP contribution in [0, 0.1) is 4.91 Å². The van der Waals surface area contributed by atoms with Crippen LogP contribution in [0.1, 0.15) is 0 Å². The third-order valence-electron chi connectivity index (χ3n) is 0.399. The van der Waals surface area contributed by atoms with E-state index in [1.807, 2.05) is 0 Å². The third kappa shape index (κ3) is 1.69. The molecule has 0 spiro atoms. The highest BCUT2D eigenvalue weighted by atomic mass is 16.4. The minimum atomic E-state index is -1.35. The Balaban J connectivity index is 3.55. The Hall–Kier alpha value is -1.13. The molecule has 0 aromatic heterocycles. The van der Waals surface area contributed by atoms with E-state index in [9.17, 15) is 9.70 Å². The molecule has 7 heavy (non-hydrogen) atoms. The average Bonchev–Trinajstić information content (AvgIpc) is 1.65. The summed E-state index contributed by atoms with van der Waals surface area (Å²) in [6, 6.07) is 0. The molecule has 0 rings (SSSR count). The monoisotopic (exact) mass is 104 g/mol. The predicted octanol–water partition coefficient (Wildman–Crippen LogP) is 0.278. The Morgan fingerprint density at radius 1 is 1.86 bits per heavy atom. The van der Waals surface area contributed by atoms with Crippen molar-refractivity contribution in [1.29, 1.82) is 0 Å². The van der Waals surface area contributed by atoms with Crippen molar-refractivity contribution in [1.82, 2.24) is 5.01 Å². The van der Waals surface area contributed by atoms with Crippen molar-refractivity contribution in [2.75, 3.05) is 7.05 Å². The molecule has 0 bridgehead atoms. The van der Waals surface area contributed by atoms with Crippen LogP contribution in [0.3, 0.4) is 0 Å². The van der Waals surface area contributed by atoms with Gasteiger partial charge in [0.15, 0.2) is 0 Å². The number of carboxylic acid groups (broad SMARTS) is 1. The molecule has 0 heterocycles. The number of hydrogen-bond donors (Lipinski definition) is 1. The van der Waals surface area contributed by atoms with Gasteiger partial charge in [-0.3, -0.25) is 0 Å². The smallest absolute Gasteiger partial charge is 0.430 e. The molecule has 40 valence electrons. The SMILES string of the molecule is CN(N=O)C(=O)O. The zero-order valence-electron chi connectivity index (χ0n) is 3.66. The molecule has 0 aliphatic rings. The number of nitrogens with zero attached hydrogens (tertiary/aromatic N) is 2. The van der Waals surface area contributed by atoms with E-state index in [0.29, 0.717) is 0 Å². The van der Waals surface area contributed by atoms with Gasteiger partial charge < -0.3 is 5.11 Å². The predicted molar refractivity (Wildman–Crippen MR) is 21.6 cm³/mol. The Morgan fingerprint density at radius 2 is 2.29 bits per heavy atom. The fourth-order valence-electron chi connectivity index (χ4n) is 0.0349. The van der Waals surface area contributed by atoms with Crippen LogP contribution in [0.4, 0.5) is 4.79 Å². The summed E-state index contributed by atoms with van der Waals surface area (Å²) in [4.78, 5) is 18.8. The molecule has 5 heteroatoms. The molecule has 0 unspecified atom stereocenters. The first-order chi connectivity index (χ1) is 3.18. The molecule has 0 aromatic rings. The van der Waals surface area contributed by atoms with Crippen LogP contribution in [-0.2, 0) is 0 Å². The Labute approximate surface area is 39.5 Å². The summed E-state index contributed by atoms with van der Waals surface area (Å²) in [6.07, 6.45) is -1.35. The van der Waals surface area contributed by atoms with Gasteiger partial charge in [-0.2, -0.15) is 5.01 Å². The van der Waals surface area contributed by atoms with Crippen molar-refractivity contribution in [3.05, 3.63) is 4.91 Å². The van der Waals surface area contributed by atoms with E-state index in [2.05, 4.69) is 5.29 Å². The summed E-state index contributed by atoms with van der Waals surface area (Å²) in [7, 11) is 1.05. The van der Waals surface area contributed by atoms with Crippen LogP contribution in [-0.4, -0.2) is 23.3 Å². The van der Waals surface area contributed by atoms with Gasteiger partial charge >= 0.3 is 6.09 Å². The van der Waals surface area contributed by atoms with E-state index in [1.54, 1.807) is 0 Å². The lowest BCUT2D eigenvalue weighted by molar-refractivity contribution is 0.157. The highest BCUT2D eigenvalue weighted by Crippen LogP contribution is 1.79. The first-order valence-electron chi connectivity index (χ1n) is 1.48. The molecule has 0 atom stereocenters. The van der Waals surface area contributed by atoms with Crippen molar-refractivity contribution in [2.45, 2.75) is 0 Å². The van der Waals surface area contributed by atoms with Gasteiger partial charge in [0.2, 0.25) is 0 Å². The van der Waals surface area contributed by atoms with Crippen molar-refractivity contribution in [2.24, 2.45) is 5.29 Å². The molecule has 1 N–H and O–H groups in total. The highest BCUT2D eigenvalue weighted by molar-refractivity contribution is 5.63. The van der Waals surface area contributed by atoms with Gasteiger partial charge in [-0.05, 0) is 0 Å². The number of amides is 1. The maximum Gasteiger partial charge on any atom is 0.430 e. The van der Waals surface area contributed by atoms with E-state index in [4.69, 9.17) is 5.11 Å². The minimum Gasteiger partial charge on any atom is -0.464 e. The van der Waals surface area contributed by atoms with Gasteiger partial charge in [0, 0.05) is 7.05 Å². The lowest BCUT2D eigenvalue weighted by atomic mass is 11.1. The molecule has 1 amide bonds. The molecular weight excluding hydrogens is 100 g/mol. The van der Waals surface area contributed by atoms with Crippen molar-refractivity contribution < 1.29 is 9.90 Å². The van der Waals surface area contributed by atoms with Crippen LogP contribution < -0.4 is 0 Å². The van der Waals surface area contributed by atoms with E-state index < -0.39 is 6.09 Å². The molecule has 0 saturated carbocycles. The second-order valence-electron chi connectivity index (χ2n) is 0.888. The fraction of sp³-hybridized carbons (Fsp3) is 0.500. The van der Waals surface area contributed by atoms with Crippen molar-refractivity contribution >= 4 is 6.09 Å². The molecule has 0 saturated heterocycles. The van der Waals surface area contributed by atoms with E-state index in [1.165, 1.54) is 0 Å². The summed E-state index contributed by atoms with van der Waals surface area (Å²) in [5.74, 6) is 0. The van der Waals surface area contributed by atoms with E-state index in [0.717, 1.165) is 7.05 Å². The van der Waals surface area contributed by atoms with E-state index >= 15 is 0 Å². The third-order valence-corrected chi connectivity index (χ3v) is 0.399. The van der Waals surface area contributed by atoms with Crippen LogP contribution in [0.2, 0.25) is 0 Å². The van der Waals surface area contributed by atoms with Crippen LogP contribution in [0.15, 0.2) is 5.29 Å². The summed E-state index contributed by atoms with van der Waals surface area (Å²) in [6.45, 7) is 0. The van der Waals surface area contributed by atoms with Crippen LogP contribution in [0.25, 0.3) is 0 Å². The second kappa shape index (κ2) is 2.12. The minimum absolute atomic E-state index is 0.278. The molecular formula is C2H4N2O3. The maximum atomic E-state index is 9.56. The van der Waals surface area contributed by atoms with Crippen molar-refractivity contribution in [3.63, 3.8) is 0 Å². The van der Waals surface area contributed by atoms with Crippen LogP contribution in [0.5, 0.6) is 0 Å². The first-order valence-corrected chi connectivity index (χ1v) is 1.48. The number of carbonyl (C=O) groups is 1. The van der Waals surface area contributed by atoms with Gasteiger partial charge in [-0.1, -0.05) is 0 Å². The summed E-state index contributed by atoms with van der Waals surface area (Å²) in [5, 5.41) is 10.2. The zero-order valence-corrected chi connectivity index (χ0v) is 3.66.